The minimum atomic E-state index is -1.12. The number of aryl methyl sites for hydroxylation is 1. The van der Waals surface area contributed by atoms with E-state index in [0.29, 0.717) is 35.4 Å². The number of carbonyl (C=O) groups excluding carboxylic acids is 4. The Labute approximate surface area is 211 Å². The number of hydrogen-bond acceptors (Lipinski definition) is 5. The van der Waals surface area contributed by atoms with Gasteiger partial charge >= 0.3 is 12.1 Å². The summed E-state index contributed by atoms with van der Waals surface area (Å²) in [6.07, 6.45) is 1.07. The molecular weight excluding hydrogens is 460 g/mol. The summed E-state index contributed by atoms with van der Waals surface area (Å²) in [6.45, 7) is 9.26. The number of imide groups is 1. The monoisotopic (exact) mass is 494 g/mol. The summed E-state index contributed by atoms with van der Waals surface area (Å²) in [5.74, 6) is 0.152. The fourth-order valence-electron chi connectivity index (χ4n) is 4.24. The zero-order valence-corrected chi connectivity index (χ0v) is 21.6. The SMILES string of the molecule is COc1cc(CN2C(=O)N([C@H](C=O)CC(C)C)C(=O)C2(C)C)ccc1NC(=O)Nc1ccccc1C. The van der Waals surface area contributed by atoms with Crippen molar-refractivity contribution in [1.82, 2.24) is 9.80 Å². The number of nitrogens with zero attached hydrogens (tertiary/aromatic N) is 2. The minimum Gasteiger partial charge on any atom is -0.495 e. The number of para-hydroxylation sites is 1. The largest absolute Gasteiger partial charge is 0.495 e. The van der Waals surface area contributed by atoms with Gasteiger partial charge in [-0.25, -0.2) is 9.59 Å². The van der Waals surface area contributed by atoms with E-state index >= 15 is 0 Å². The predicted molar refractivity (Wildman–Crippen MR) is 138 cm³/mol. The molecule has 0 spiro atoms. The van der Waals surface area contributed by atoms with Crippen molar-refractivity contribution < 1.29 is 23.9 Å². The van der Waals surface area contributed by atoms with Crippen LogP contribution in [0.5, 0.6) is 5.75 Å². The lowest BCUT2D eigenvalue weighted by atomic mass is 10.0. The average Bonchev–Trinajstić information content (AvgIpc) is 2.99. The van der Waals surface area contributed by atoms with Crippen molar-refractivity contribution in [3.8, 4) is 5.75 Å². The molecule has 9 nitrogen and oxygen atoms in total. The second-order valence-corrected chi connectivity index (χ2v) is 9.86. The van der Waals surface area contributed by atoms with Crippen molar-refractivity contribution in [3.63, 3.8) is 0 Å². The Morgan fingerprint density at radius 1 is 1.08 bits per heavy atom. The lowest BCUT2D eigenvalue weighted by Crippen LogP contribution is -2.45. The number of benzene rings is 2. The maximum absolute atomic E-state index is 13.3. The van der Waals surface area contributed by atoms with E-state index in [1.165, 1.54) is 12.0 Å². The summed E-state index contributed by atoms with van der Waals surface area (Å²) in [6, 6.07) is 10.9. The molecule has 0 bridgehead atoms. The predicted octanol–water partition coefficient (Wildman–Crippen LogP) is 4.80. The zero-order valence-electron chi connectivity index (χ0n) is 21.6. The zero-order chi connectivity index (χ0) is 26.6. The van der Waals surface area contributed by atoms with Crippen LogP contribution in [0.25, 0.3) is 0 Å². The number of carbonyl (C=O) groups is 4. The van der Waals surface area contributed by atoms with E-state index < -0.39 is 29.6 Å². The molecule has 9 heteroatoms. The van der Waals surface area contributed by atoms with Crippen LogP contribution >= 0.6 is 0 Å². The standard InChI is InChI=1S/C27H34N4O5/c1-17(2)13-20(16-32)31-24(33)27(4,5)30(26(31)35)15-19-11-12-22(23(14-19)36-6)29-25(34)28-21-10-8-7-9-18(21)3/h7-12,14,16-17,20H,13,15H2,1-6H3,(H2,28,29,34)/t20-/m0/s1. The van der Waals surface area contributed by atoms with Crippen LogP contribution in [0.2, 0.25) is 0 Å². The van der Waals surface area contributed by atoms with Crippen LogP contribution in [0.1, 0.15) is 45.2 Å². The van der Waals surface area contributed by atoms with E-state index in [9.17, 15) is 19.2 Å². The molecule has 1 atom stereocenters. The summed E-state index contributed by atoms with van der Waals surface area (Å²) in [4.78, 5) is 53.2. The molecule has 5 amide bonds. The highest BCUT2D eigenvalue weighted by Gasteiger charge is 2.53. The van der Waals surface area contributed by atoms with Crippen LogP contribution in [0.3, 0.4) is 0 Å². The van der Waals surface area contributed by atoms with Gasteiger partial charge in [0.15, 0.2) is 0 Å². The third-order valence-electron chi connectivity index (χ3n) is 6.30. The smallest absolute Gasteiger partial charge is 0.328 e. The van der Waals surface area contributed by atoms with E-state index in [-0.39, 0.29) is 12.5 Å². The van der Waals surface area contributed by atoms with Crippen LogP contribution < -0.4 is 15.4 Å². The molecule has 1 heterocycles. The Hall–Kier alpha value is -3.88. The fourth-order valence-corrected chi connectivity index (χ4v) is 4.24. The van der Waals surface area contributed by atoms with Gasteiger partial charge in [0.1, 0.15) is 17.6 Å². The molecular formula is C27H34N4O5. The van der Waals surface area contributed by atoms with Crippen LogP contribution in [-0.4, -0.2) is 52.7 Å². The number of urea groups is 2. The van der Waals surface area contributed by atoms with Gasteiger partial charge in [-0.1, -0.05) is 38.1 Å². The first-order chi connectivity index (χ1) is 17.0. The quantitative estimate of drug-likeness (QED) is 0.384. The molecule has 192 valence electrons. The van der Waals surface area contributed by atoms with E-state index in [2.05, 4.69) is 10.6 Å². The maximum Gasteiger partial charge on any atom is 0.328 e. The summed E-state index contributed by atoms with van der Waals surface area (Å²) >= 11 is 0. The van der Waals surface area contributed by atoms with E-state index in [1.54, 1.807) is 32.0 Å². The number of rotatable bonds is 9. The van der Waals surface area contributed by atoms with Gasteiger partial charge < -0.3 is 25.1 Å². The minimum absolute atomic E-state index is 0.132. The fraction of sp³-hybridized carbons (Fsp3) is 0.407. The van der Waals surface area contributed by atoms with Gasteiger partial charge in [-0.3, -0.25) is 9.69 Å². The second-order valence-electron chi connectivity index (χ2n) is 9.86. The molecule has 0 unspecified atom stereocenters. The summed E-state index contributed by atoms with van der Waals surface area (Å²) in [5.41, 5.74) is 1.67. The highest BCUT2D eigenvalue weighted by Crippen LogP contribution is 2.34. The molecule has 0 aromatic heterocycles. The Bertz CT molecular complexity index is 1160. The Balaban J connectivity index is 1.78. The van der Waals surface area contributed by atoms with Crippen LogP contribution in [-0.2, 0) is 16.1 Å². The third kappa shape index (κ3) is 5.50. The molecule has 1 saturated heterocycles. The molecule has 1 aliphatic heterocycles. The lowest BCUT2D eigenvalue weighted by molar-refractivity contribution is -0.135. The molecule has 0 aliphatic carbocycles. The first kappa shape index (κ1) is 26.7. The summed E-state index contributed by atoms with van der Waals surface area (Å²) < 4.78 is 5.48. The number of ether oxygens (including phenoxy) is 1. The van der Waals surface area contributed by atoms with E-state index in [4.69, 9.17) is 4.74 Å². The van der Waals surface area contributed by atoms with Gasteiger partial charge in [0, 0.05) is 12.2 Å². The molecule has 1 fully saturated rings. The van der Waals surface area contributed by atoms with Gasteiger partial charge in [0.05, 0.1) is 18.8 Å². The molecule has 2 aromatic rings. The normalized spacial score (nSPS) is 15.8. The number of methoxy groups -OCH3 is 1. The van der Waals surface area contributed by atoms with Crippen molar-refractivity contribution in [2.45, 2.75) is 59.2 Å². The number of hydrogen-bond donors (Lipinski definition) is 2. The molecule has 3 rings (SSSR count). The molecule has 2 aromatic carbocycles. The average molecular weight is 495 g/mol. The highest BCUT2D eigenvalue weighted by atomic mass is 16.5. The molecule has 0 radical (unpaired) electrons. The van der Waals surface area contributed by atoms with Gasteiger partial charge in [0.25, 0.3) is 5.91 Å². The van der Waals surface area contributed by atoms with E-state index in [0.717, 1.165) is 10.5 Å². The van der Waals surface area contributed by atoms with Gasteiger partial charge in [0.2, 0.25) is 0 Å². The number of anilines is 2. The first-order valence-corrected chi connectivity index (χ1v) is 11.9. The molecule has 0 saturated carbocycles. The first-order valence-electron chi connectivity index (χ1n) is 11.9. The third-order valence-corrected chi connectivity index (χ3v) is 6.30. The van der Waals surface area contributed by atoms with Crippen molar-refractivity contribution in [3.05, 3.63) is 53.6 Å². The van der Waals surface area contributed by atoms with Crippen LogP contribution in [0.15, 0.2) is 42.5 Å². The molecule has 1 aliphatic rings. The lowest BCUT2D eigenvalue weighted by Gasteiger charge is -2.28. The van der Waals surface area contributed by atoms with Gasteiger partial charge in [-0.05, 0) is 62.4 Å². The highest BCUT2D eigenvalue weighted by molar-refractivity contribution is 6.08. The van der Waals surface area contributed by atoms with Crippen LogP contribution in [0.4, 0.5) is 21.0 Å². The van der Waals surface area contributed by atoms with Crippen molar-refractivity contribution in [2.75, 3.05) is 17.7 Å². The van der Waals surface area contributed by atoms with Crippen molar-refractivity contribution in [1.29, 1.82) is 0 Å². The number of nitrogens with one attached hydrogen (secondary N) is 2. The summed E-state index contributed by atoms with van der Waals surface area (Å²) in [7, 11) is 1.49. The van der Waals surface area contributed by atoms with Gasteiger partial charge in [-0.15, -0.1) is 0 Å². The van der Waals surface area contributed by atoms with Crippen LogP contribution in [0, 0.1) is 12.8 Å². The van der Waals surface area contributed by atoms with Crippen molar-refractivity contribution in [2.24, 2.45) is 5.92 Å². The Morgan fingerprint density at radius 2 is 1.75 bits per heavy atom. The van der Waals surface area contributed by atoms with Crippen molar-refractivity contribution >= 4 is 35.6 Å². The van der Waals surface area contributed by atoms with Gasteiger partial charge in [-0.2, -0.15) is 0 Å². The maximum atomic E-state index is 13.3. The Morgan fingerprint density at radius 3 is 2.36 bits per heavy atom. The molecule has 2 N–H and O–H groups in total. The number of aldehydes is 1. The second kappa shape index (κ2) is 10.8. The Kier molecular flexibility index (Phi) is 8.02. The van der Waals surface area contributed by atoms with E-state index in [1.807, 2.05) is 45.0 Å². The molecule has 36 heavy (non-hydrogen) atoms. The topological polar surface area (TPSA) is 108 Å². The summed E-state index contributed by atoms with van der Waals surface area (Å²) in [5, 5.41) is 5.59. The number of amides is 5.